The summed E-state index contributed by atoms with van der Waals surface area (Å²) in [4.78, 5) is 46.2. The molecule has 2 fully saturated rings. The topological polar surface area (TPSA) is 211 Å². The average molecular weight is 807 g/mol. The summed E-state index contributed by atoms with van der Waals surface area (Å²) in [6.45, 7) is 6.50. The third-order valence-electron chi connectivity index (χ3n) is 10.3. The smallest absolute Gasteiger partial charge is 0.351 e. The van der Waals surface area contributed by atoms with Gasteiger partial charge in [0.25, 0.3) is 5.91 Å². The van der Waals surface area contributed by atoms with Crippen molar-refractivity contribution < 1.29 is 43.1 Å². The number of rotatable bonds is 11. The molecule has 3 aromatic carbocycles. The van der Waals surface area contributed by atoms with E-state index < -0.39 is 54.1 Å². The zero-order chi connectivity index (χ0) is 41.5. The molecule has 306 valence electrons. The van der Waals surface area contributed by atoms with E-state index in [4.69, 9.17) is 4.74 Å². The molecule has 58 heavy (non-hydrogen) atoms. The van der Waals surface area contributed by atoms with Gasteiger partial charge in [-0.05, 0) is 53.4 Å². The summed E-state index contributed by atoms with van der Waals surface area (Å²) in [7, 11) is 0. The summed E-state index contributed by atoms with van der Waals surface area (Å²) in [6.07, 6.45) is -5.13. The summed E-state index contributed by atoms with van der Waals surface area (Å²) in [6, 6.07) is 15.2. The highest BCUT2D eigenvalue weighted by atomic mass is 19.3. The molecule has 2 saturated heterocycles. The molecule has 0 saturated carbocycles. The highest BCUT2D eigenvalue weighted by Gasteiger charge is 2.59. The Bertz CT molecular complexity index is 2430. The van der Waals surface area contributed by atoms with Gasteiger partial charge in [0, 0.05) is 62.7 Å². The second-order valence-electron chi connectivity index (χ2n) is 14.6. The number of carbonyl (C=O) groups excluding carboxylic acids is 1. The van der Waals surface area contributed by atoms with Crippen LogP contribution in [0.3, 0.4) is 0 Å². The van der Waals surface area contributed by atoms with Crippen LogP contribution in [0.15, 0.2) is 76.4 Å². The predicted octanol–water partition coefficient (Wildman–Crippen LogP) is 2.91. The maximum atomic E-state index is 15.5. The molecule has 5 aromatic rings. The Morgan fingerprint density at radius 2 is 1.67 bits per heavy atom. The number of aliphatic hydroxyl groups is 2. The van der Waals surface area contributed by atoms with Crippen LogP contribution in [-0.4, -0.2) is 111 Å². The zero-order valence-electron chi connectivity index (χ0n) is 31.3. The molecular formula is C39H41F3N8O8. The fraction of sp³-hybridized carbons (Fsp3) is 0.359. The molecule has 0 spiro atoms. The van der Waals surface area contributed by atoms with Gasteiger partial charge >= 0.3 is 17.3 Å². The van der Waals surface area contributed by atoms with Crippen molar-refractivity contribution in [2.24, 2.45) is 0 Å². The number of amides is 1. The van der Waals surface area contributed by atoms with Gasteiger partial charge in [-0.2, -0.15) is 18.9 Å². The van der Waals surface area contributed by atoms with Gasteiger partial charge < -0.3 is 30.5 Å². The Hall–Kier alpha value is -5.86. The van der Waals surface area contributed by atoms with E-state index in [0.717, 1.165) is 17.8 Å². The maximum absolute atomic E-state index is 15.5. The van der Waals surface area contributed by atoms with Crippen LogP contribution < -0.4 is 16.7 Å². The molecule has 2 aliphatic rings. The van der Waals surface area contributed by atoms with E-state index in [1.165, 1.54) is 16.7 Å². The first-order valence-corrected chi connectivity index (χ1v) is 18.4. The van der Waals surface area contributed by atoms with Gasteiger partial charge in [-0.25, -0.2) is 23.6 Å². The van der Waals surface area contributed by atoms with Crippen molar-refractivity contribution in [1.82, 2.24) is 34.1 Å². The number of carbonyl (C=O) groups is 1. The van der Waals surface area contributed by atoms with E-state index in [2.05, 4.69) is 30.3 Å². The predicted molar refractivity (Wildman–Crippen MR) is 202 cm³/mol. The van der Waals surface area contributed by atoms with Crippen LogP contribution in [0.4, 0.5) is 19.0 Å². The van der Waals surface area contributed by atoms with Crippen molar-refractivity contribution in [3.05, 3.63) is 116 Å². The number of piperazine rings is 1. The van der Waals surface area contributed by atoms with Gasteiger partial charge in [0.15, 0.2) is 11.9 Å². The zero-order valence-corrected chi connectivity index (χ0v) is 31.3. The Morgan fingerprint density at radius 1 is 0.983 bits per heavy atom. The Labute approximate surface area is 328 Å². The van der Waals surface area contributed by atoms with Gasteiger partial charge in [-0.3, -0.25) is 19.2 Å². The molecule has 6 N–H and O–H groups in total. The van der Waals surface area contributed by atoms with Gasteiger partial charge in [0.1, 0.15) is 29.2 Å². The summed E-state index contributed by atoms with van der Waals surface area (Å²) in [5, 5.41) is 48.7. The highest BCUT2D eigenvalue weighted by molar-refractivity contribution is 6.03. The largest absolute Gasteiger partial charge is 0.508 e. The molecule has 2 aromatic heterocycles. The molecule has 0 bridgehead atoms. The SMILES string of the molecule is CC(C)c1cc(-c2n[nH]c(=O)n2-c2ccc(CN3CCN(Cc4ccc(C(=O)Nc5ccn(C6OC(CO)C(O)C6(F)F)c(=O)n5)cc4)CC3)c(F)c2)c(O)cc1O. The van der Waals surface area contributed by atoms with E-state index in [9.17, 15) is 43.6 Å². The highest BCUT2D eigenvalue weighted by Crippen LogP contribution is 2.42. The lowest BCUT2D eigenvalue weighted by Gasteiger charge is -2.34. The minimum absolute atomic E-state index is 0.0678. The van der Waals surface area contributed by atoms with E-state index in [0.29, 0.717) is 55.0 Å². The van der Waals surface area contributed by atoms with Crippen LogP contribution in [0.5, 0.6) is 11.5 Å². The monoisotopic (exact) mass is 806 g/mol. The Balaban J connectivity index is 0.924. The molecule has 4 heterocycles. The number of ether oxygens (including phenoxy) is 1. The van der Waals surface area contributed by atoms with Gasteiger partial charge in [0.2, 0.25) is 6.23 Å². The number of benzene rings is 3. The Kier molecular flexibility index (Phi) is 11.3. The third kappa shape index (κ3) is 7.98. The molecule has 0 radical (unpaired) electrons. The van der Waals surface area contributed by atoms with E-state index in [-0.39, 0.29) is 45.9 Å². The molecule has 0 aliphatic carbocycles. The number of phenols is 2. The van der Waals surface area contributed by atoms with Crippen LogP contribution in [0.25, 0.3) is 17.1 Å². The number of aromatic amines is 1. The van der Waals surface area contributed by atoms with Crippen molar-refractivity contribution in [3.8, 4) is 28.6 Å². The lowest BCUT2D eigenvalue weighted by atomic mass is 9.98. The number of alkyl halides is 2. The minimum Gasteiger partial charge on any atom is -0.508 e. The van der Waals surface area contributed by atoms with E-state index in [1.807, 2.05) is 13.8 Å². The standard InChI is InChI=1S/C39H41F3N8O8/c1-21(2)26-16-27(30(53)17-29(26)52)34-45-46-38(57)50(34)25-8-7-24(28(40)15-25)19-48-13-11-47(12-14-48)18-22-3-5-23(6-4-22)35(55)43-32-9-10-49(37(56)44-32)36-39(41,42)33(54)31(20-51)58-36/h3-10,15-17,21,31,33,36,51-54H,11-14,18-20H2,1-2H3,(H,46,57)(H,43,44,55,56). The van der Waals surface area contributed by atoms with Crippen molar-refractivity contribution >= 4 is 11.7 Å². The molecule has 3 unspecified atom stereocenters. The first kappa shape index (κ1) is 40.3. The van der Waals surface area contributed by atoms with Crippen molar-refractivity contribution in [2.75, 3.05) is 38.1 Å². The molecule has 16 nitrogen and oxygen atoms in total. The summed E-state index contributed by atoms with van der Waals surface area (Å²) in [5.74, 6) is -5.53. The lowest BCUT2D eigenvalue weighted by Crippen LogP contribution is -2.45. The molecular weight excluding hydrogens is 765 g/mol. The van der Waals surface area contributed by atoms with Crippen LogP contribution in [0.2, 0.25) is 0 Å². The quantitative estimate of drug-likeness (QED) is 0.114. The first-order chi connectivity index (χ1) is 27.6. The average Bonchev–Trinajstić information content (AvgIpc) is 3.67. The second-order valence-corrected chi connectivity index (χ2v) is 14.6. The first-order valence-electron chi connectivity index (χ1n) is 18.4. The number of hydrogen-bond acceptors (Lipinski definition) is 12. The van der Waals surface area contributed by atoms with Crippen molar-refractivity contribution in [1.29, 1.82) is 0 Å². The second kappa shape index (κ2) is 16.2. The fourth-order valence-corrected chi connectivity index (χ4v) is 7.09. The molecule has 19 heteroatoms. The normalized spacial score (nSPS) is 19.8. The van der Waals surface area contributed by atoms with Crippen molar-refractivity contribution in [2.45, 2.75) is 57.2 Å². The van der Waals surface area contributed by atoms with Gasteiger partial charge in [-0.1, -0.05) is 32.0 Å². The maximum Gasteiger partial charge on any atom is 0.351 e. The number of halogens is 3. The molecule has 1 amide bonds. The molecule has 2 aliphatic heterocycles. The van der Waals surface area contributed by atoms with Gasteiger partial charge in [-0.15, -0.1) is 0 Å². The molecule has 7 rings (SSSR count). The number of anilines is 1. The van der Waals surface area contributed by atoms with E-state index >= 15 is 4.39 Å². The van der Waals surface area contributed by atoms with Crippen LogP contribution in [0, 0.1) is 5.82 Å². The molecule has 3 atom stereocenters. The number of nitrogens with zero attached hydrogens (tertiary/aromatic N) is 6. The summed E-state index contributed by atoms with van der Waals surface area (Å²) < 4.78 is 51.2. The van der Waals surface area contributed by atoms with Crippen LogP contribution in [-0.2, 0) is 17.8 Å². The summed E-state index contributed by atoms with van der Waals surface area (Å²) >= 11 is 0. The summed E-state index contributed by atoms with van der Waals surface area (Å²) in [5.41, 5.74) is 0.831. The minimum atomic E-state index is -3.87. The van der Waals surface area contributed by atoms with E-state index in [1.54, 1.807) is 42.5 Å². The van der Waals surface area contributed by atoms with Gasteiger partial charge in [0.05, 0.1) is 17.9 Å². The fourth-order valence-electron chi connectivity index (χ4n) is 7.09. The number of phenolic OH excluding ortho intramolecular Hbond substituents is 2. The van der Waals surface area contributed by atoms with Crippen LogP contribution in [0.1, 0.15) is 53.0 Å². The number of hydrogen-bond donors (Lipinski definition) is 6. The third-order valence-corrected chi connectivity index (χ3v) is 10.3. The number of aromatic nitrogens is 5. The van der Waals surface area contributed by atoms with Crippen molar-refractivity contribution in [3.63, 3.8) is 0 Å². The number of aliphatic hydroxyl groups excluding tert-OH is 2. The Morgan fingerprint density at radius 3 is 2.29 bits per heavy atom. The number of H-pyrrole nitrogens is 1. The number of nitrogens with one attached hydrogen (secondary N) is 2. The van der Waals surface area contributed by atoms with Crippen LogP contribution >= 0.6 is 0 Å². The lowest BCUT2D eigenvalue weighted by molar-refractivity contribution is -0.140. The number of aromatic hydroxyl groups is 2.